The van der Waals surface area contributed by atoms with Crippen LogP contribution in [-0.4, -0.2) is 43.4 Å². The van der Waals surface area contributed by atoms with Crippen molar-refractivity contribution >= 4 is 22.8 Å². The van der Waals surface area contributed by atoms with Crippen molar-refractivity contribution < 1.29 is 18.0 Å². The van der Waals surface area contributed by atoms with Gasteiger partial charge in [0.25, 0.3) is 11.5 Å². The molecule has 0 unspecified atom stereocenters. The Morgan fingerprint density at radius 1 is 1.22 bits per heavy atom. The second-order valence-electron chi connectivity index (χ2n) is 7.90. The number of nitrogens with zero attached hydrogens (tertiary/aromatic N) is 5. The molecule has 0 aromatic carbocycles. The fourth-order valence-electron chi connectivity index (χ4n) is 3.99. The van der Waals surface area contributed by atoms with E-state index < -0.39 is 17.7 Å². The molecule has 0 spiro atoms. The van der Waals surface area contributed by atoms with E-state index in [1.165, 1.54) is 23.8 Å². The normalized spacial score (nSPS) is 17.0. The third kappa shape index (κ3) is 4.02. The zero-order valence-electron chi connectivity index (χ0n) is 17.5. The first-order valence-corrected chi connectivity index (χ1v) is 10.0. The van der Waals surface area contributed by atoms with Gasteiger partial charge in [-0.25, -0.2) is 15.0 Å². The molecule has 1 fully saturated rings. The van der Waals surface area contributed by atoms with Gasteiger partial charge in [-0.05, 0) is 31.9 Å². The van der Waals surface area contributed by atoms with E-state index in [0.717, 1.165) is 6.07 Å². The summed E-state index contributed by atoms with van der Waals surface area (Å²) in [6.45, 7) is 2.16. The average molecular weight is 446 g/mol. The number of hydrogen-bond acceptors (Lipinski definition) is 6. The van der Waals surface area contributed by atoms with Gasteiger partial charge in [-0.15, -0.1) is 0 Å². The first-order chi connectivity index (χ1) is 15.0. The van der Waals surface area contributed by atoms with Gasteiger partial charge in [0.15, 0.2) is 5.65 Å². The number of fused-ring (bicyclic) bond motifs is 1. The van der Waals surface area contributed by atoms with Crippen LogP contribution in [0.1, 0.15) is 46.2 Å². The highest BCUT2D eigenvalue weighted by Gasteiger charge is 2.36. The Labute approximate surface area is 180 Å². The number of rotatable bonds is 2. The van der Waals surface area contributed by atoms with Gasteiger partial charge in [-0.2, -0.15) is 13.2 Å². The van der Waals surface area contributed by atoms with Crippen LogP contribution in [0.15, 0.2) is 29.2 Å². The van der Waals surface area contributed by atoms with Crippen LogP contribution < -0.4 is 11.3 Å². The maximum absolute atomic E-state index is 13.8. The second kappa shape index (κ2) is 7.88. The summed E-state index contributed by atoms with van der Waals surface area (Å²) >= 11 is 0. The Morgan fingerprint density at radius 2 is 1.97 bits per heavy atom. The van der Waals surface area contributed by atoms with Crippen LogP contribution in [0.2, 0.25) is 0 Å². The maximum Gasteiger partial charge on any atom is 0.417 e. The summed E-state index contributed by atoms with van der Waals surface area (Å²) in [4.78, 5) is 38.6. The molecule has 1 aliphatic heterocycles. The molecule has 0 radical (unpaired) electrons. The van der Waals surface area contributed by atoms with Crippen molar-refractivity contribution in [1.29, 1.82) is 0 Å². The summed E-state index contributed by atoms with van der Waals surface area (Å²) in [5.74, 6) is -0.809. The minimum atomic E-state index is -4.67. The van der Waals surface area contributed by atoms with Crippen LogP contribution in [0.25, 0.3) is 11.0 Å². The molecule has 1 saturated heterocycles. The number of halogens is 3. The highest BCUT2D eigenvalue weighted by atomic mass is 19.4. The molecule has 1 amide bonds. The fraction of sp³-hybridized carbons (Fsp3) is 0.381. The first kappa shape index (κ1) is 21.7. The Hall–Kier alpha value is -3.50. The topological polar surface area (TPSA) is 107 Å². The lowest BCUT2D eigenvalue weighted by Gasteiger charge is -2.33. The van der Waals surface area contributed by atoms with E-state index in [9.17, 15) is 22.8 Å². The summed E-state index contributed by atoms with van der Waals surface area (Å²) < 4.78 is 42.8. The van der Waals surface area contributed by atoms with Crippen LogP contribution in [-0.2, 0) is 13.2 Å². The summed E-state index contributed by atoms with van der Waals surface area (Å²) in [6, 6.07) is 3.78. The van der Waals surface area contributed by atoms with Gasteiger partial charge in [0.05, 0.1) is 10.9 Å². The number of carbonyl (C=O) groups excluding carboxylic acids is 1. The molecule has 3 aromatic rings. The number of anilines is 1. The van der Waals surface area contributed by atoms with Gasteiger partial charge in [0.2, 0.25) is 0 Å². The van der Waals surface area contributed by atoms with Gasteiger partial charge in [-0.1, -0.05) is 0 Å². The van der Waals surface area contributed by atoms with E-state index in [1.807, 2.05) is 0 Å². The average Bonchev–Trinajstić information content (AvgIpc) is 2.73. The molecule has 0 aliphatic carbocycles. The number of alkyl halides is 3. The van der Waals surface area contributed by atoms with E-state index >= 15 is 0 Å². The summed E-state index contributed by atoms with van der Waals surface area (Å²) in [5.41, 5.74) is 4.83. The van der Waals surface area contributed by atoms with Crippen molar-refractivity contribution in [3.8, 4) is 0 Å². The maximum atomic E-state index is 13.8. The van der Waals surface area contributed by atoms with E-state index in [1.54, 1.807) is 18.0 Å². The number of likely N-dealkylation sites (tertiary alicyclic amines) is 1. The number of nitrogen functional groups attached to an aromatic ring is 1. The Balaban J connectivity index is 1.71. The van der Waals surface area contributed by atoms with Crippen LogP contribution in [0.3, 0.4) is 0 Å². The minimum Gasteiger partial charge on any atom is -0.383 e. The van der Waals surface area contributed by atoms with Crippen molar-refractivity contribution in [2.75, 3.05) is 18.8 Å². The predicted molar refractivity (Wildman–Crippen MR) is 111 cm³/mol. The Morgan fingerprint density at radius 3 is 2.66 bits per heavy atom. The molecule has 0 bridgehead atoms. The van der Waals surface area contributed by atoms with Crippen molar-refractivity contribution in [2.24, 2.45) is 7.05 Å². The smallest absolute Gasteiger partial charge is 0.383 e. The number of carbonyl (C=O) groups is 1. The molecule has 4 heterocycles. The molecule has 4 rings (SSSR count). The number of nitrogens with two attached hydrogens (primary N) is 1. The number of piperidine rings is 1. The van der Waals surface area contributed by atoms with Crippen LogP contribution in [0, 0.1) is 6.92 Å². The van der Waals surface area contributed by atoms with Crippen molar-refractivity contribution in [3.63, 3.8) is 0 Å². The summed E-state index contributed by atoms with van der Waals surface area (Å²) in [5, 5.41) is -0.323. The molecule has 8 nitrogen and oxygen atoms in total. The molecule has 0 saturated carbocycles. The fourth-order valence-corrected chi connectivity index (χ4v) is 3.99. The number of hydrogen-bond donors (Lipinski definition) is 1. The number of pyridine rings is 2. The van der Waals surface area contributed by atoms with E-state index in [4.69, 9.17) is 5.73 Å². The lowest BCUT2D eigenvalue weighted by molar-refractivity contribution is -0.136. The van der Waals surface area contributed by atoms with Gasteiger partial charge >= 0.3 is 6.18 Å². The van der Waals surface area contributed by atoms with Crippen molar-refractivity contribution in [1.82, 2.24) is 24.4 Å². The predicted octanol–water partition coefficient (Wildman–Crippen LogP) is 2.65. The molecule has 32 heavy (non-hydrogen) atoms. The van der Waals surface area contributed by atoms with Crippen LogP contribution >= 0.6 is 0 Å². The molecule has 168 valence electrons. The second-order valence-corrected chi connectivity index (χ2v) is 7.90. The largest absolute Gasteiger partial charge is 0.417 e. The number of aromatic nitrogens is 4. The molecule has 1 atom stereocenters. The lowest BCUT2D eigenvalue weighted by Crippen LogP contribution is -2.39. The van der Waals surface area contributed by atoms with Crippen molar-refractivity contribution in [3.05, 3.63) is 57.4 Å². The molecular formula is C21H21F3N6O2. The quantitative estimate of drug-likeness (QED) is 0.649. The number of amides is 1. The number of aryl methyl sites for hydroxylation is 2. The van der Waals surface area contributed by atoms with E-state index in [0.29, 0.717) is 19.4 Å². The summed E-state index contributed by atoms with van der Waals surface area (Å²) in [7, 11) is 1.58. The molecular weight excluding hydrogens is 425 g/mol. The van der Waals surface area contributed by atoms with Gasteiger partial charge in [0, 0.05) is 49.6 Å². The Bertz CT molecular complexity index is 1270. The first-order valence-electron chi connectivity index (χ1n) is 10.0. The monoisotopic (exact) mass is 446 g/mol. The van der Waals surface area contributed by atoms with Gasteiger partial charge in [0.1, 0.15) is 11.6 Å². The van der Waals surface area contributed by atoms with Gasteiger partial charge < -0.3 is 15.2 Å². The van der Waals surface area contributed by atoms with E-state index in [-0.39, 0.29) is 51.9 Å². The zero-order valence-corrected chi connectivity index (χ0v) is 17.5. The van der Waals surface area contributed by atoms with Crippen LogP contribution in [0.4, 0.5) is 19.0 Å². The molecule has 1 aliphatic rings. The Kier molecular flexibility index (Phi) is 5.35. The zero-order chi connectivity index (χ0) is 23.2. The minimum absolute atomic E-state index is 0.116. The molecule has 11 heteroatoms. The third-order valence-corrected chi connectivity index (χ3v) is 5.61. The highest BCUT2D eigenvalue weighted by molar-refractivity contribution is 5.94. The lowest BCUT2D eigenvalue weighted by atomic mass is 9.92. The SMILES string of the molecule is Cc1nc(N)c2c(C(F)(F)F)cc([C@@H]3CCCN(C(=O)c4ccn(C)c(=O)c4)C3)nc2n1. The van der Waals surface area contributed by atoms with E-state index in [2.05, 4.69) is 15.0 Å². The highest BCUT2D eigenvalue weighted by Crippen LogP contribution is 2.38. The van der Waals surface area contributed by atoms with Gasteiger partial charge in [-0.3, -0.25) is 9.59 Å². The molecule has 2 N–H and O–H groups in total. The van der Waals surface area contributed by atoms with Crippen LogP contribution in [0.5, 0.6) is 0 Å². The van der Waals surface area contributed by atoms with Crippen molar-refractivity contribution in [2.45, 2.75) is 31.9 Å². The standard InChI is InChI=1S/C21H21F3N6O2/c1-11-26-18(25)17-14(21(22,23)24)9-15(28-19(17)27-11)13-4-3-6-30(10-13)20(32)12-5-7-29(2)16(31)8-12/h5,7-9,13H,3-4,6,10H2,1-2H3,(H2,25,26,27,28)/t13-/m1/s1. The molecule has 3 aromatic heterocycles. The third-order valence-electron chi connectivity index (χ3n) is 5.61. The summed E-state index contributed by atoms with van der Waals surface area (Å²) in [6.07, 6.45) is -2.01.